The number of ether oxygens (including phenoxy) is 1. The molecular formula is C23H52N2O5P+. The molecule has 0 aliphatic carbocycles. The van der Waals surface area contributed by atoms with Crippen LogP contribution in [-0.2, 0) is 18.3 Å². The first-order valence-electron chi connectivity index (χ1n) is 12.4. The largest absolute Gasteiger partial charge is 0.472 e. The Labute approximate surface area is 192 Å². The lowest BCUT2D eigenvalue weighted by Gasteiger charge is -2.25. The van der Waals surface area contributed by atoms with Crippen molar-refractivity contribution in [1.29, 1.82) is 0 Å². The van der Waals surface area contributed by atoms with Crippen LogP contribution in [0, 0.1) is 0 Å². The summed E-state index contributed by atoms with van der Waals surface area (Å²) in [4.78, 5) is 9.94. The van der Waals surface area contributed by atoms with Gasteiger partial charge in [0.05, 0.1) is 27.7 Å². The summed E-state index contributed by atoms with van der Waals surface area (Å²) in [5.41, 5.74) is 0. The molecule has 0 heterocycles. The van der Waals surface area contributed by atoms with Crippen LogP contribution in [0.2, 0.25) is 0 Å². The van der Waals surface area contributed by atoms with Crippen molar-refractivity contribution < 1.29 is 27.7 Å². The summed E-state index contributed by atoms with van der Waals surface area (Å²) in [7, 11) is 3.70. The average molecular weight is 468 g/mol. The fourth-order valence-corrected chi connectivity index (χ4v) is 4.15. The molecule has 188 valence electrons. The van der Waals surface area contributed by atoms with Gasteiger partial charge in [0.1, 0.15) is 19.3 Å². The molecule has 2 atom stereocenters. The maximum Gasteiger partial charge on any atom is 0.472 e. The van der Waals surface area contributed by atoms with E-state index in [0.717, 1.165) is 6.42 Å². The maximum absolute atomic E-state index is 12.2. The van der Waals surface area contributed by atoms with Gasteiger partial charge in [0.2, 0.25) is 0 Å². The Morgan fingerprint density at radius 2 is 1.39 bits per heavy atom. The van der Waals surface area contributed by atoms with Gasteiger partial charge in [0.25, 0.3) is 0 Å². The number of hydrogen-bond acceptors (Lipinski definition) is 5. The van der Waals surface area contributed by atoms with Gasteiger partial charge in [-0.15, -0.1) is 0 Å². The van der Waals surface area contributed by atoms with E-state index >= 15 is 0 Å². The number of quaternary nitrogens is 1. The van der Waals surface area contributed by atoms with Crippen molar-refractivity contribution in [2.45, 2.75) is 90.1 Å². The topological polar surface area (TPSA) is 77.0 Å². The first-order chi connectivity index (χ1) is 14.7. The van der Waals surface area contributed by atoms with Gasteiger partial charge in [-0.25, -0.2) is 4.57 Å². The standard InChI is InChI=1S/C23H51N2O5P/c1-6-7-8-9-10-11-12-13-14-15-16-17-19-28-22-23(21-24-2)30-31(26,27)29-20-18-25(3,4)5/h23-24H,6-22H2,1-5H3/p+1. The van der Waals surface area contributed by atoms with Crippen LogP contribution in [0.3, 0.4) is 0 Å². The second kappa shape index (κ2) is 19.5. The second-order valence-electron chi connectivity index (χ2n) is 9.56. The Balaban J connectivity index is 3.73. The second-order valence-corrected chi connectivity index (χ2v) is 11.0. The third-order valence-corrected chi connectivity index (χ3v) is 6.25. The zero-order valence-corrected chi connectivity index (χ0v) is 22.0. The van der Waals surface area contributed by atoms with E-state index in [0.29, 0.717) is 24.2 Å². The van der Waals surface area contributed by atoms with Crippen LogP contribution in [0.15, 0.2) is 0 Å². The number of phosphoric acid groups is 1. The molecule has 0 fully saturated rings. The van der Waals surface area contributed by atoms with E-state index in [1.807, 2.05) is 21.1 Å². The van der Waals surface area contributed by atoms with E-state index in [-0.39, 0.29) is 13.2 Å². The lowest BCUT2D eigenvalue weighted by molar-refractivity contribution is -0.870. The molecule has 0 bridgehead atoms. The predicted octanol–water partition coefficient (Wildman–Crippen LogP) is 5.13. The zero-order valence-electron chi connectivity index (χ0n) is 21.1. The third-order valence-electron chi connectivity index (χ3n) is 5.18. The molecule has 0 aliphatic heterocycles. The molecule has 0 amide bonds. The average Bonchev–Trinajstić information content (AvgIpc) is 2.66. The van der Waals surface area contributed by atoms with Crippen molar-refractivity contribution in [3.05, 3.63) is 0 Å². The van der Waals surface area contributed by atoms with Crippen molar-refractivity contribution >= 4 is 7.82 Å². The summed E-state index contributed by atoms with van der Waals surface area (Å²) in [5.74, 6) is 0. The Morgan fingerprint density at radius 1 is 0.871 bits per heavy atom. The van der Waals surface area contributed by atoms with Gasteiger partial charge in [-0.2, -0.15) is 0 Å². The van der Waals surface area contributed by atoms with Gasteiger partial charge >= 0.3 is 7.82 Å². The highest BCUT2D eigenvalue weighted by molar-refractivity contribution is 7.47. The highest BCUT2D eigenvalue weighted by atomic mass is 31.2. The van der Waals surface area contributed by atoms with Gasteiger partial charge in [-0.05, 0) is 13.5 Å². The van der Waals surface area contributed by atoms with Crippen LogP contribution in [-0.4, -0.2) is 76.6 Å². The Kier molecular flexibility index (Phi) is 19.5. The molecule has 0 aromatic rings. The maximum atomic E-state index is 12.2. The molecule has 0 aromatic carbocycles. The van der Waals surface area contributed by atoms with Crippen LogP contribution < -0.4 is 5.32 Å². The molecule has 0 radical (unpaired) electrons. The van der Waals surface area contributed by atoms with Gasteiger partial charge in [0.15, 0.2) is 0 Å². The monoisotopic (exact) mass is 467 g/mol. The molecule has 7 nitrogen and oxygen atoms in total. The highest BCUT2D eigenvalue weighted by Crippen LogP contribution is 2.44. The van der Waals surface area contributed by atoms with Gasteiger partial charge < -0.3 is 19.4 Å². The fourth-order valence-electron chi connectivity index (χ4n) is 3.26. The number of likely N-dealkylation sites (N-methyl/N-ethyl adjacent to an activating group) is 2. The first kappa shape index (κ1) is 31.0. The number of nitrogens with one attached hydrogen (secondary N) is 1. The fraction of sp³-hybridized carbons (Fsp3) is 1.00. The van der Waals surface area contributed by atoms with E-state index in [9.17, 15) is 9.46 Å². The predicted molar refractivity (Wildman–Crippen MR) is 129 cm³/mol. The molecule has 0 aromatic heterocycles. The molecule has 0 spiro atoms. The van der Waals surface area contributed by atoms with Gasteiger partial charge in [-0.1, -0.05) is 77.6 Å². The molecular weight excluding hydrogens is 415 g/mol. The SMILES string of the molecule is CCCCCCCCCCCCCCOCC(CNC)OP(=O)(O)OCC[N+](C)(C)C. The van der Waals surface area contributed by atoms with Crippen LogP contribution in [0.1, 0.15) is 84.0 Å². The molecule has 2 unspecified atom stereocenters. The van der Waals surface area contributed by atoms with E-state index in [1.165, 1.54) is 70.6 Å². The highest BCUT2D eigenvalue weighted by Gasteiger charge is 2.27. The van der Waals surface area contributed by atoms with Crippen molar-refractivity contribution in [3.8, 4) is 0 Å². The molecule has 31 heavy (non-hydrogen) atoms. The summed E-state index contributed by atoms with van der Waals surface area (Å²) in [6.45, 7) is 4.42. The number of nitrogens with zero attached hydrogens (tertiary/aromatic N) is 1. The van der Waals surface area contributed by atoms with Crippen LogP contribution in [0.5, 0.6) is 0 Å². The summed E-state index contributed by atoms with van der Waals surface area (Å²) >= 11 is 0. The summed E-state index contributed by atoms with van der Waals surface area (Å²) < 4.78 is 28.9. The van der Waals surface area contributed by atoms with Crippen LogP contribution >= 0.6 is 7.82 Å². The summed E-state index contributed by atoms with van der Waals surface area (Å²) in [5, 5.41) is 2.97. The van der Waals surface area contributed by atoms with Crippen molar-refractivity contribution in [2.75, 3.05) is 61.1 Å². The number of rotatable bonds is 23. The van der Waals surface area contributed by atoms with E-state index in [2.05, 4.69) is 12.2 Å². The Bertz CT molecular complexity index is 446. The minimum Gasteiger partial charge on any atom is -0.379 e. The van der Waals surface area contributed by atoms with Gasteiger partial charge in [-0.3, -0.25) is 9.05 Å². The zero-order chi connectivity index (χ0) is 23.4. The minimum absolute atomic E-state index is 0.170. The van der Waals surface area contributed by atoms with Gasteiger partial charge in [0, 0.05) is 13.2 Å². The van der Waals surface area contributed by atoms with E-state index in [4.69, 9.17) is 13.8 Å². The van der Waals surface area contributed by atoms with Crippen molar-refractivity contribution in [3.63, 3.8) is 0 Å². The smallest absolute Gasteiger partial charge is 0.379 e. The lowest BCUT2D eigenvalue weighted by Crippen LogP contribution is -2.37. The first-order valence-corrected chi connectivity index (χ1v) is 13.9. The van der Waals surface area contributed by atoms with Crippen LogP contribution in [0.4, 0.5) is 0 Å². The minimum atomic E-state index is -4.08. The quantitative estimate of drug-likeness (QED) is 0.123. The number of hydrogen-bond donors (Lipinski definition) is 2. The number of unbranched alkanes of at least 4 members (excludes halogenated alkanes) is 11. The summed E-state index contributed by atoms with van der Waals surface area (Å²) in [6.07, 6.45) is 15.2. The summed E-state index contributed by atoms with van der Waals surface area (Å²) in [6, 6.07) is 0. The van der Waals surface area contributed by atoms with E-state index < -0.39 is 13.9 Å². The third kappa shape index (κ3) is 23.0. The Hall–Kier alpha value is -0.0100. The molecule has 0 saturated carbocycles. The Morgan fingerprint density at radius 3 is 1.87 bits per heavy atom. The normalized spacial score (nSPS) is 15.2. The molecule has 0 saturated heterocycles. The van der Waals surface area contributed by atoms with Crippen molar-refractivity contribution in [1.82, 2.24) is 5.32 Å². The molecule has 0 aliphatic rings. The lowest BCUT2D eigenvalue weighted by atomic mass is 10.1. The number of phosphoric ester groups is 1. The van der Waals surface area contributed by atoms with Crippen LogP contribution in [0.25, 0.3) is 0 Å². The van der Waals surface area contributed by atoms with E-state index in [1.54, 1.807) is 7.05 Å². The molecule has 8 heteroatoms. The molecule has 0 rings (SSSR count). The molecule has 2 N–H and O–H groups in total. The van der Waals surface area contributed by atoms with Crippen molar-refractivity contribution in [2.24, 2.45) is 0 Å².